The third kappa shape index (κ3) is 4.96. The van der Waals surface area contributed by atoms with E-state index in [1.165, 1.54) is 12.1 Å². The molecule has 0 heterocycles. The van der Waals surface area contributed by atoms with E-state index >= 15 is 0 Å². The summed E-state index contributed by atoms with van der Waals surface area (Å²) in [6.45, 7) is 7.88. The summed E-state index contributed by atoms with van der Waals surface area (Å²) in [5, 5.41) is 13.8. The van der Waals surface area contributed by atoms with Gasteiger partial charge in [-0.15, -0.1) is 12.4 Å². The van der Waals surface area contributed by atoms with Gasteiger partial charge in [0.15, 0.2) is 0 Å². The number of carbonyl (C=O) groups is 1. The molecule has 3 N–H and O–H groups in total. The minimum atomic E-state index is -0.525. The number of carbonyl (C=O) groups excluding carboxylic acids is 1. The van der Waals surface area contributed by atoms with Gasteiger partial charge in [-0.05, 0) is 32.3 Å². The van der Waals surface area contributed by atoms with Crippen LogP contribution in [-0.2, 0) is 0 Å². The summed E-state index contributed by atoms with van der Waals surface area (Å²) in [7, 11) is 0. The lowest BCUT2D eigenvalue weighted by Gasteiger charge is -2.31. The van der Waals surface area contributed by atoms with Gasteiger partial charge in [0.25, 0.3) is 11.6 Å². The van der Waals surface area contributed by atoms with E-state index in [4.69, 9.17) is 5.73 Å². The predicted octanol–water partition coefficient (Wildman–Crippen LogP) is 2.82. The third-order valence-electron chi connectivity index (χ3n) is 3.47. The van der Waals surface area contributed by atoms with Crippen molar-refractivity contribution < 1.29 is 9.72 Å². The second-order valence-corrected chi connectivity index (χ2v) is 6.02. The topological polar surface area (TPSA) is 98.3 Å². The Labute approximate surface area is 137 Å². The molecule has 22 heavy (non-hydrogen) atoms. The monoisotopic (exact) mass is 329 g/mol. The van der Waals surface area contributed by atoms with Crippen LogP contribution < -0.4 is 11.1 Å². The Balaban J connectivity index is 0.00000441. The van der Waals surface area contributed by atoms with Crippen molar-refractivity contribution in [1.29, 1.82) is 0 Å². The molecule has 1 aromatic carbocycles. The molecule has 0 bridgehead atoms. The van der Waals surface area contributed by atoms with Gasteiger partial charge in [-0.3, -0.25) is 14.9 Å². The third-order valence-corrected chi connectivity index (χ3v) is 3.47. The maximum Gasteiger partial charge on any atom is 0.273 e. The fourth-order valence-corrected chi connectivity index (χ4v) is 2.50. The SMILES string of the molecule is Cc1c(C(=O)NC(C)(CN)CC(C)C)cccc1[N+](=O)[O-].Cl. The van der Waals surface area contributed by atoms with Crippen LogP contribution in [0.25, 0.3) is 0 Å². The second-order valence-electron chi connectivity index (χ2n) is 6.02. The van der Waals surface area contributed by atoms with E-state index in [0.717, 1.165) is 6.42 Å². The number of benzene rings is 1. The maximum absolute atomic E-state index is 12.4. The molecule has 7 heteroatoms. The van der Waals surface area contributed by atoms with Gasteiger partial charge >= 0.3 is 0 Å². The van der Waals surface area contributed by atoms with Gasteiger partial charge in [-0.2, -0.15) is 0 Å². The van der Waals surface area contributed by atoms with E-state index in [1.54, 1.807) is 13.0 Å². The van der Waals surface area contributed by atoms with Crippen LogP contribution in [0.4, 0.5) is 5.69 Å². The van der Waals surface area contributed by atoms with Crippen molar-refractivity contribution in [2.45, 2.75) is 39.7 Å². The molecule has 0 fully saturated rings. The molecular weight excluding hydrogens is 306 g/mol. The number of nitrogens with zero attached hydrogens (tertiary/aromatic N) is 1. The summed E-state index contributed by atoms with van der Waals surface area (Å²) in [5.41, 5.74) is 5.87. The number of nitro benzene ring substituents is 1. The van der Waals surface area contributed by atoms with E-state index in [-0.39, 0.29) is 24.0 Å². The van der Waals surface area contributed by atoms with Gasteiger partial charge in [0.1, 0.15) is 0 Å². The Kier molecular flexibility index (Phi) is 7.49. The van der Waals surface area contributed by atoms with Crippen LogP contribution in [0.2, 0.25) is 0 Å². The van der Waals surface area contributed by atoms with Gasteiger partial charge < -0.3 is 11.1 Å². The fourth-order valence-electron chi connectivity index (χ4n) is 2.50. The Bertz CT molecular complexity index is 549. The highest BCUT2D eigenvalue weighted by atomic mass is 35.5. The summed E-state index contributed by atoms with van der Waals surface area (Å²) in [4.78, 5) is 22.9. The number of amides is 1. The zero-order valence-electron chi connectivity index (χ0n) is 13.4. The van der Waals surface area contributed by atoms with Crippen molar-refractivity contribution in [2.24, 2.45) is 11.7 Å². The molecule has 1 atom stereocenters. The maximum atomic E-state index is 12.4. The highest BCUT2D eigenvalue weighted by molar-refractivity contribution is 5.97. The molecule has 0 aliphatic heterocycles. The fraction of sp³-hybridized carbons (Fsp3) is 0.533. The Hall–Kier alpha value is -1.66. The summed E-state index contributed by atoms with van der Waals surface area (Å²) in [5.74, 6) is 0.0508. The average Bonchev–Trinajstić information content (AvgIpc) is 2.37. The molecule has 0 aliphatic carbocycles. The standard InChI is InChI=1S/C15H23N3O3.ClH/c1-10(2)8-15(4,9-16)17-14(19)12-6-5-7-13(11(12)3)18(20)21;/h5-7,10H,8-9,16H2,1-4H3,(H,17,19);1H. The van der Waals surface area contributed by atoms with Crippen molar-refractivity contribution >= 4 is 24.0 Å². The lowest BCUT2D eigenvalue weighted by Crippen LogP contribution is -2.52. The number of nitrogens with one attached hydrogen (secondary N) is 1. The molecule has 124 valence electrons. The number of nitro groups is 1. The van der Waals surface area contributed by atoms with Crippen LogP contribution in [0.1, 0.15) is 43.1 Å². The van der Waals surface area contributed by atoms with Crippen molar-refractivity contribution in [3.63, 3.8) is 0 Å². The average molecular weight is 330 g/mol. The van der Waals surface area contributed by atoms with E-state index in [9.17, 15) is 14.9 Å². The van der Waals surface area contributed by atoms with Gasteiger partial charge in [-0.25, -0.2) is 0 Å². The Morgan fingerprint density at radius 3 is 2.50 bits per heavy atom. The molecule has 0 aliphatic rings. The first-order valence-corrected chi connectivity index (χ1v) is 6.97. The first-order chi connectivity index (χ1) is 9.70. The predicted molar refractivity (Wildman–Crippen MR) is 89.5 cm³/mol. The summed E-state index contributed by atoms with van der Waals surface area (Å²) < 4.78 is 0. The zero-order valence-corrected chi connectivity index (χ0v) is 14.2. The van der Waals surface area contributed by atoms with Crippen molar-refractivity contribution in [3.05, 3.63) is 39.4 Å². The zero-order chi connectivity index (χ0) is 16.2. The lowest BCUT2D eigenvalue weighted by molar-refractivity contribution is -0.385. The van der Waals surface area contributed by atoms with E-state index in [1.807, 2.05) is 6.92 Å². The van der Waals surface area contributed by atoms with E-state index in [0.29, 0.717) is 23.6 Å². The van der Waals surface area contributed by atoms with Crippen LogP contribution in [-0.4, -0.2) is 22.9 Å². The van der Waals surface area contributed by atoms with Gasteiger partial charge in [0.2, 0.25) is 0 Å². The summed E-state index contributed by atoms with van der Waals surface area (Å²) >= 11 is 0. The number of nitrogens with two attached hydrogens (primary N) is 1. The van der Waals surface area contributed by atoms with E-state index in [2.05, 4.69) is 19.2 Å². The molecule has 6 nitrogen and oxygen atoms in total. The number of hydrogen-bond acceptors (Lipinski definition) is 4. The van der Waals surface area contributed by atoms with Crippen LogP contribution in [0, 0.1) is 23.0 Å². The lowest BCUT2D eigenvalue weighted by atomic mass is 9.90. The molecule has 0 saturated carbocycles. The van der Waals surface area contributed by atoms with Crippen molar-refractivity contribution in [2.75, 3.05) is 6.54 Å². The summed E-state index contributed by atoms with van der Waals surface area (Å²) in [6.07, 6.45) is 0.739. The minimum absolute atomic E-state index is 0. The van der Waals surface area contributed by atoms with Crippen LogP contribution >= 0.6 is 12.4 Å². The Morgan fingerprint density at radius 2 is 2.05 bits per heavy atom. The first-order valence-electron chi connectivity index (χ1n) is 6.97. The quantitative estimate of drug-likeness (QED) is 0.619. The highest BCUT2D eigenvalue weighted by Crippen LogP contribution is 2.22. The number of halogens is 1. The van der Waals surface area contributed by atoms with Crippen molar-refractivity contribution in [3.8, 4) is 0 Å². The smallest absolute Gasteiger partial charge is 0.273 e. The molecule has 1 amide bonds. The van der Waals surface area contributed by atoms with Gasteiger partial charge in [0.05, 0.1) is 4.92 Å². The first kappa shape index (κ1) is 20.3. The summed E-state index contributed by atoms with van der Waals surface area (Å²) in [6, 6.07) is 4.49. The number of rotatable bonds is 6. The molecular formula is C15H24ClN3O3. The van der Waals surface area contributed by atoms with Gasteiger partial charge in [-0.1, -0.05) is 19.9 Å². The van der Waals surface area contributed by atoms with Crippen LogP contribution in [0.15, 0.2) is 18.2 Å². The number of hydrogen-bond donors (Lipinski definition) is 2. The van der Waals surface area contributed by atoms with Gasteiger partial charge in [0, 0.05) is 29.3 Å². The minimum Gasteiger partial charge on any atom is -0.346 e. The second kappa shape index (κ2) is 8.10. The Morgan fingerprint density at radius 1 is 1.45 bits per heavy atom. The highest BCUT2D eigenvalue weighted by Gasteiger charge is 2.28. The normalized spacial score (nSPS) is 13.2. The largest absolute Gasteiger partial charge is 0.346 e. The van der Waals surface area contributed by atoms with Crippen molar-refractivity contribution in [1.82, 2.24) is 5.32 Å². The molecule has 0 aromatic heterocycles. The van der Waals surface area contributed by atoms with E-state index < -0.39 is 10.5 Å². The molecule has 0 radical (unpaired) electrons. The molecule has 1 rings (SSSR count). The van der Waals surface area contributed by atoms with Crippen LogP contribution in [0.3, 0.4) is 0 Å². The molecule has 1 aromatic rings. The molecule has 0 spiro atoms. The molecule has 0 saturated heterocycles. The molecule has 1 unspecified atom stereocenters. The van der Waals surface area contributed by atoms with Crippen LogP contribution in [0.5, 0.6) is 0 Å².